The lowest BCUT2D eigenvalue weighted by Crippen LogP contribution is -2.16. The normalized spacial score (nSPS) is 14.3. The summed E-state index contributed by atoms with van der Waals surface area (Å²) in [4.78, 5) is 0. The zero-order valence-electron chi connectivity index (χ0n) is 32.9. The van der Waals surface area contributed by atoms with E-state index < -0.39 is 0 Å². The predicted octanol–water partition coefficient (Wildman–Crippen LogP) is 14.8. The molecule has 9 aromatic carbocycles. The Morgan fingerprint density at radius 3 is 1.90 bits per heavy atom. The van der Waals surface area contributed by atoms with Crippen molar-refractivity contribution in [1.29, 1.82) is 0 Å². The molecule has 12 rings (SSSR count). The van der Waals surface area contributed by atoms with Crippen LogP contribution >= 0.6 is 0 Å². The summed E-state index contributed by atoms with van der Waals surface area (Å²) in [7, 11) is 0. The number of benzene rings is 9. The van der Waals surface area contributed by atoms with Gasteiger partial charge in [-0.25, -0.2) is 0 Å². The van der Waals surface area contributed by atoms with Crippen molar-refractivity contribution < 1.29 is 0 Å². The Bertz CT molecular complexity index is 3140. The van der Waals surface area contributed by atoms with Crippen LogP contribution in [0.5, 0.6) is 0 Å². The lowest BCUT2D eigenvalue weighted by atomic mass is 9.77. The van der Waals surface area contributed by atoms with Gasteiger partial charge in [0.05, 0.1) is 0 Å². The molecule has 0 heterocycles. The van der Waals surface area contributed by atoms with Gasteiger partial charge in [0, 0.05) is 11.3 Å². The molecule has 274 valence electrons. The molecule has 0 fully saturated rings. The summed E-state index contributed by atoms with van der Waals surface area (Å²) in [6, 6.07) is 71.2. The van der Waals surface area contributed by atoms with Gasteiger partial charge in [-0.05, 0) is 135 Å². The van der Waals surface area contributed by atoms with Crippen molar-refractivity contribution in [1.82, 2.24) is 0 Å². The van der Waals surface area contributed by atoms with Gasteiger partial charge >= 0.3 is 0 Å². The fraction of sp³-hybridized carbons (Fsp3) is 0.103. The van der Waals surface area contributed by atoms with Gasteiger partial charge in [0.2, 0.25) is 0 Å². The minimum atomic E-state index is -0.0809. The topological polar surface area (TPSA) is 0 Å². The number of hydrogen-bond donors (Lipinski definition) is 0. The Morgan fingerprint density at radius 1 is 0.397 bits per heavy atom. The van der Waals surface area contributed by atoms with Crippen molar-refractivity contribution >= 4 is 10.8 Å². The Kier molecular flexibility index (Phi) is 7.27. The van der Waals surface area contributed by atoms with Crippen LogP contribution in [0.2, 0.25) is 0 Å². The van der Waals surface area contributed by atoms with Gasteiger partial charge in [0.1, 0.15) is 0 Å². The Morgan fingerprint density at radius 2 is 1.02 bits per heavy atom. The van der Waals surface area contributed by atoms with E-state index in [1.54, 1.807) is 0 Å². The van der Waals surface area contributed by atoms with Gasteiger partial charge in [-0.3, -0.25) is 0 Å². The Labute approximate surface area is 341 Å². The third-order valence-corrected chi connectivity index (χ3v) is 13.7. The molecule has 0 N–H and O–H groups in total. The van der Waals surface area contributed by atoms with Crippen LogP contribution in [-0.2, 0) is 18.3 Å². The summed E-state index contributed by atoms with van der Waals surface area (Å²) in [5.74, 6) is 0.0460. The largest absolute Gasteiger partial charge is 0.0622 e. The fourth-order valence-corrected chi connectivity index (χ4v) is 11.0. The van der Waals surface area contributed by atoms with E-state index in [4.69, 9.17) is 0 Å². The van der Waals surface area contributed by atoms with Gasteiger partial charge in [-0.2, -0.15) is 0 Å². The van der Waals surface area contributed by atoms with E-state index in [-0.39, 0.29) is 11.3 Å². The zero-order valence-corrected chi connectivity index (χ0v) is 32.9. The van der Waals surface area contributed by atoms with Gasteiger partial charge in [0.15, 0.2) is 0 Å². The molecule has 58 heavy (non-hydrogen) atoms. The Hall–Kier alpha value is -6.76. The predicted molar refractivity (Wildman–Crippen MR) is 243 cm³/mol. The summed E-state index contributed by atoms with van der Waals surface area (Å²) in [5.41, 5.74) is 26.0. The highest BCUT2D eigenvalue weighted by Gasteiger charge is 2.36. The van der Waals surface area contributed by atoms with Crippen LogP contribution in [0.4, 0.5) is 0 Å². The van der Waals surface area contributed by atoms with Crippen molar-refractivity contribution in [3.05, 3.63) is 238 Å². The van der Waals surface area contributed by atoms with E-state index in [1.807, 2.05) is 0 Å². The van der Waals surface area contributed by atoms with Crippen LogP contribution in [0.3, 0.4) is 0 Å². The van der Waals surface area contributed by atoms with Crippen LogP contribution in [-0.4, -0.2) is 0 Å². The summed E-state index contributed by atoms with van der Waals surface area (Å²) in [5, 5.41) is 2.65. The summed E-state index contributed by atoms with van der Waals surface area (Å²) < 4.78 is 0. The maximum atomic E-state index is 2.55. The second-order valence-electron chi connectivity index (χ2n) is 17.1. The molecule has 9 aromatic rings. The first-order valence-electron chi connectivity index (χ1n) is 20.8. The van der Waals surface area contributed by atoms with Crippen molar-refractivity contribution in [2.24, 2.45) is 0 Å². The quantitative estimate of drug-likeness (QED) is 0.154. The van der Waals surface area contributed by atoms with Gasteiger partial charge in [-0.1, -0.05) is 196 Å². The smallest absolute Gasteiger partial charge is 0.0346 e. The molecule has 0 spiro atoms. The maximum absolute atomic E-state index is 2.55. The van der Waals surface area contributed by atoms with E-state index in [0.717, 1.165) is 12.8 Å². The fourth-order valence-electron chi connectivity index (χ4n) is 11.0. The van der Waals surface area contributed by atoms with Crippen LogP contribution in [0, 0.1) is 0 Å². The minimum absolute atomic E-state index is 0.0460. The molecule has 1 atom stereocenters. The lowest BCUT2D eigenvalue weighted by Gasteiger charge is -2.26. The summed E-state index contributed by atoms with van der Waals surface area (Å²) in [6.45, 7) is 4.78. The number of hydrogen-bond acceptors (Lipinski definition) is 0. The number of fused-ring (bicyclic) bond motifs is 10. The van der Waals surface area contributed by atoms with Gasteiger partial charge < -0.3 is 0 Å². The van der Waals surface area contributed by atoms with Crippen LogP contribution in [0.1, 0.15) is 69.8 Å². The zero-order chi connectivity index (χ0) is 38.5. The second-order valence-corrected chi connectivity index (χ2v) is 17.1. The molecular weight excluding hydrogens is 697 g/mol. The molecule has 0 saturated heterocycles. The van der Waals surface area contributed by atoms with Crippen molar-refractivity contribution in [3.63, 3.8) is 0 Å². The SMILES string of the molecule is CC1(C)c2ccccc2-c2ccc(C(c3ccc4c(c3)Cc3c-4cc4ccccc4c3-c3cccc4c3Cc3ccccc3-4)c3ccccc3-c3ccccc3)cc21. The lowest BCUT2D eigenvalue weighted by molar-refractivity contribution is 0.659. The standard InChI is InChI=1S/C58H42/c1-58(2)54-26-13-12-22-47(54)48-30-28-40(35-55(48)58)56(49-23-11-10-19-42(49)36-15-4-3-5-16-36)39-27-29-44-41(31-39)34-53-51(44)33-38-18-7-9-21-45(38)57(53)50-25-14-24-46-43-20-8-6-17-37(43)32-52(46)50/h3-31,33,35,56H,32,34H2,1-2H3. The van der Waals surface area contributed by atoms with Crippen LogP contribution in [0.15, 0.2) is 188 Å². The van der Waals surface area contributed by atoms with E-state index >= 15 is 0 Å². The molecule has 1 unspecified atom stereocenters. The highest BCUT2D eigenvalue weighted by molar-refractivity contribution is 6.06. The highest BCUT2D eigenvalue weighted by atomic mass is 14.4. The maximum Gasteiger partial charge on any atom is 0.0346 e. The molecule has 0 amide bonds. The molecule has 0 aromatic heterocycles. The van der Waals surface area contributed by atoms with E-state index in [2.05, 4.69) is 202 Å². The molecule has 0 heteroatoms. The molecule has 3 aliphatic carbocycles. The monoisotopic (exact) mass is 738 g/mol. The molecule has 0 nitrogen and oxygen atoms in total. The molecule has 3 aliphatic rings. The van der Waals surface area contributed by atoms with E-state index in [0.29, 0.717) is 0 Å². The first kappa shape index (κ1) is 33.4. The summed E-state index contributed by atoms with van der Waals surface area (Å²) in [6.07, 6.45) is 1.89. The van der Waals surface area contributed by atoms with Crippen molar-refractivity contribution in [2.45, 2.75) is 38.0 Å². The minimum Gasteiger partial charge on any atom is -0.0622 e. The Balaban J connectivity index is 1.04. The van der Waals surface area contributed by atoms with Crippen LogP contribution in [0.25, 0.3) is 66.4 Å². The van der Waals surface area contributed by atoms with E-state index in [1.165, 1.54) is 116 Å². The van der Waals surface area contributed by atoms with Gasteiger partial charge in [-0.15, -0.1) is 0 Å². The first-order chi connectivity index (χ1) is 28.5. The third-order valence-electron chi connectivity index (χ3n) is 13.7. The number of rotatable bonds is 5. The van der Waals surface area contributed by atoms with Crippen molar-refractivity contribution in [2.75, 3.05) is 0 Å². The van der Waals surface area contributed by atoms with E-state index in [9.17, 15) is 0 Å². The molecular formula is C58H42. The third kappa shape index (κ3) is 4.88. The molecule has 0 aliphatic heterocycles. The average Bonchev–Trinajstić information content (AvgIpc) is 3.91. The first-order valence-corrected chi connectivity index (χ1v) is 20.8. The summed E-state index contributed by atoms with van der Waals surface area (Å²) >= 11 is 0. The molecule has 0 bridgehead atoms. The molecule has 0 saturated carbocycles. The van der Waals surface area contributed by atoms with Gasteiger partial charge in [0.25, 0.3) is 0 Å². The highest BCUT2D eigenvalue weighted by Crippen LogP contribution is 2.53. The van der Waals surface area contributed by atoms with Crippen LogP contribution < -0.4 is 0 Å². The average molecular weight is 739 g/mol. The van der Waals surface area contributed by atoms with Crippen molar-refractivity contribution in [3.8, 4) is 55.6 Å². The second kappa shape index (κ2) is 12.6. The molecule has 0 radical (unpaired) electrons.